The predicted molar refractivity (Wildman–Crippen MR) is 82.0 cm³/mol. The van der Waals surface area contributed by atoms with E-state index in [9.17, 15) is 9.18 Å². The summed E-state index contributed by atoms with van der Waals surface area (Å²) in [5.74, 6) is -0.511. The molecule has 1 aliphatic rings. The van der Waals surface area contributed by atoms with E-state index in [0.717, 1.165) is 17.7 Å². The first-order chi connectivity index (χ1) is 10.6. The molecule has 0 spiro atoms. The lowest BCUT2D eigenvalue weighted by atomic mass is 9.99. The molecule has 0 aliphatic carbocycles. The fraction of sp³-hybridized carbons (Fsp3) is 0.375. The van der Waals surface area contributed by atoms with Gasteiger partial charge in [-0.3, -0.25) is 9.48 Å². The van der Waals surface area contributed by atoms with Crippen molar-refractivity contribution >= 4 is 11.6 Å². The summed E-state index contributed by atoms with van der Waals surface area (Å²) < 4.78 is 16.1. The molecule has 0 unspecified atom stereocenters. The monoisotopic (exact) mass is 302 g/mol. The number of halogens is 1. The summed E-state index contributed by atoms with van der Waals surface area (Å²) in [7, 11) is 0. The standard InChI is InChI=1S/C16H19FN4O/c1-11-8-19-21(10-11)7-5-15(22)20-14-3-2-12-9-18-6-4-13(12)16(14)17/h2-3,8,10,18H,4-7,9H2,1H3,(H,20,22). The summed E-state index contributed by atoms with van der Waals surface area (Å²) in [6, 6.07) is 3.51. The van der Waals surface area contributed by atoms with Crippen LogP contribution in [0.5, 0.6) is 0 Å². The van der Waals surface area contributed by atoms with Gasteiger partial charge in [0.1, 0.15) is 5.82 Å². The second-order valence-electron chi connectivity index (χ2n) is 5.57. The highest BCUT2D eigenvalue weighted by molar-refractivity contribution is 5.91. The average Bonchev–Trinajstić information content (AvgIpc) is 2.94. The molecule has 2 aromatic rings. The number of carbonyl (C=O) groups excluding carboxylic acids is 1. The Morgan fingerprint density at radius 1 is 1.50 bits per heavy atom. The second-order valence-corrected chi connectivity index (χ2v) is 5.57. The molecule has 0 saturated carbocycles. The highest BCUT2D eigenvalue weighted by Crippen LogP contribution is 2.24. The lowest BCUT2D eigenvalue weighted by Crippen LogP contribution is -2.25. The molecule has 2 heterocycles. The van der Waals surface area contributed by atoms with Crippen LogP contribution in [0.2, 0.25) is 0 Å². The van der Waals surface area contributed by atoms with Crippen LogP contribution in [-0.2, 0) is 24.3 Å². The topological polar surface area (TPSA) is 59.0 Å². The number of carbonyl (C=O) groups is 1. The molecule has 0 radical (unpaired) electrons. The Morgan fingerprint density at radius 3 is 3.14 bits per heavy atom. The number of nitrogens with zero attached hydrogens (tertiary/aromatic N) is 2. The molecule has 6 heteroatoms. The van der Waals surface area contributed by atoms with Crippen LogP contribution in [0.25, 0.3) is 0 Å². The van der Waals surface area contributed by atoms with E-state index in [1.54, 1.807) is 16.9 Å². The first-order valence-corrected chi connectivity index (χ1v) is 7.43. The largest absolute Gasteiger partial charge is 0.324 e. The summed E-state index contributed by atoms with van der Waals surface area (Å²) in [5, 5.41) is 9.99. The van der Waals surface area contributed by atoms with Gasteiger partial charge in [-0.05, 0) is 42.6 Å². The minimum Gasteiger partial charge on any atom is -0.324 e. The number of hydrogen-bond donors (Lipinski definition) is 2. The lowest BCUT2D eigenvalue weighted by molar-refractivity contribution is -0.116. The van der Waals surface area contributed by atoms with Crippen LogP contribution in [0.4, 0.5) is 10.1 Å². The molecule has 22 heavy (non-hydrogen) atoms. The molecule has 5 nitrogen and oxygen atoms in total. The summed E-state index contributed by atoms with van der Waals surface area (Å²) in [6.07, 6.45) is 4.53. The molecule has 0 saturated heterocycles. The number of fused-ring (bicyclic) bond motifs is 1. The second kappa shape index (κ2) is 6.27. The SMILES string of the molecule is Cc1cnn(CCC(=O)Nc2ccc3c(c2F)CCNC3)c1. The number of aromatic nitrogens is 2. The Bertz CT molecular complexity index is 695. The van der Waals surface area contributed by atoms with Gasteiger partial charge in [0.15, 0.2) is 0 Å². The van der Waals surface area contributed by atoms with E-state index >= 15 is 0 Å². The van der Waals surface area contributed by atoms with Gasteiger partial charge in [0, 0.05) is 25.7 Å². The van der Waals surface area contributed by atoms with Gasteiger partial charge < -0.3 is 10.6 Å². The number of aryl methyl sites for hydroxylation is 2. The van der Waals surface area contributed by atoms with Crippen molar-refractivity contribution in [2.24, 2.45) is 0 Å². The predicted octanol–water partition coefficient (Wildman–Crippen LogP) is 2.01. The van der Waals surface area contributed by atoms with Crippen molar-refractivity contribution in [3.8, 4) is 0 Å². The first kappa shape index (κ1) is 14.7. The van der Waals surface area contributed by atoms with Crippen molar-refractivity contribution in [2.45, 2.75) is 32.9 Å². The Labute approximate surface area is 128 Å². The molecular weight excluding hydrogens is 283 g/mol. The maximum atomic E-state index is 14.4. The average molecular weight is 302 g/mol. The van der Waals surface area contributed by atoms with Crippen LogP contribution in [0.1, 0.15) is 23.1 Å². The van der Waals surface area contributed by atoms with Crippen LogP contribution in [0.3, 0.4) is 0 Å². The zero-order chi connectivity index (χ0) is 15.5. The third-order valence-corrected chi connectivity index (χ3v) is 3.81. The zero-order valence-electron chi connectivity index (χ0n) is 12.5. The van der Waals surface area contributed by atoms with E-state index in [1.165, 1.54) is 0 Å². The molecule has 1 aliphatic heterocycles. The zero-order valence-corrected chi connectivity index (χ0v) is 12.5. The number of rotatable bonds is 4. The highest BCUT2D eigenvalue weighted by Gasteiger charge is 2.17. The third kappa shape index (κ3) is 3.17. The molecule has 0 bridgehead atoms. The van der Waals surface area contributed by atoms with Crippen molar-refractivity contribution in [2.75, 3.05) is 11.9 Å². The fourth-order valence-electron chi connectivity index (χ4n) is 2.65. The molecule has 1 aromatic carbocycles. The van der Waals surface area contributed by atoms with Crippen LogP contribution in [0.15, 0.2) is 24.5 Å². The Balaban J connectivity index is 1.64. The smallest absolute Gasteiger partial charge is 0.226 e. The van der Waals surface area contributed by atoms with E-state index in [0.29, 0.717) is 25.1 Å². The third-order valence-electron chi connectivity index (χ3n) is 3.81. The molecular formula is C16H19FN4O. The van der Waals surface area contributed by atoms with Crippen molar-refractivity contribution in [1.82, 2.24) is 15.1 Å². The number of nitrogens with one attached hydrogen (secondary N) is 2. The molecule has 0 atom stereocenters. The van der Waals surface area contributed by atoms with Crippen molar-refractivity contribution in [3.05, 3.63) is 47.0 Å². The molecule has 2 N–H and O–H groups in total. The van der Waals surface area contributed by atoms with E-state index in [1.807, 2.05) is 19.2 Å². The first-order valence-electron chi connectivity index (χ1n) is 7.43. The van der Waals surface area contributed by atoms with E-state index in [4.69, 9.17) is 0 Å². The van der Waals surface area contributed by atoms with Crippen molar-refractivity contribution < 1.29 is 9.18 Å². The van der Waals surface area contributed by atoms with Gasteiger partial charge in [-0.1, -0.05) is 6.07 Å². The van der Waals surface area contributed by atoms with Gasteiger partial charge in [-0.2, -0.15) is 5.10 Å². The Hall–Kier alpha value is -2.21. The van der Waals surface area contributed by atoms with Crippen LogP contribution in [0, 0.1) is 12.7 Å². The molecule has 116 valence electrons. The van der Waals surface area contributed by atoms with Gasteiger partial charge in [0.2, 0.25) is 5.91 Å². The normalized spacial score (nSPS) is 13.7. The number of anilines is 1. The van der Waals surface area contributed by atoms with Gasteiger partial charge in [0.25, 0.3) is 0 Å². The van der Waals surface area contributed by atoms with Gasteiger partial charge in [0.05, 0.1) is 11.9 Å². The summed E-state index contributed by atoms with van der Waals surface area (Å²) >= 11 is 0. The van der Waals surface area contributed by atoms with Crippen LogP contribution >= 0.6 is 0 Å². The van der Waals surface area contributed by atoms with E-state index in [-0.39, 0.29) is 23.8 Å². The van der Waals surface area contributed by atoms with Crippen molar-refractivity contribution in [1.29, 1.82) is 0 Å². The molecule has 0 fully saturated rings. The maximum Gasteiger partial charge on any atom is 0.226 e. The summed E-state index contributed by atoms with van der Waals surface area (Å²) in [6.45, 7) is 3.87. The van der Waals surface area contributed by atoms with Crippen LogP contribution < -0.4 is 10.6 Å². The number of amides is 1. The maximum absolute atomic E-state index is 14.4. The van der Waals surface area contributed by atoms with Gasteiger partial charge >= 0.3 is 0 Å². The molecule has 3 rings (SSSR count). The summed E-state index contributed by atoms with van der Waals surface area (Å²) in [4.78, 5) is 12.0. The van der Waals surface area contributed by atoms with E-state index in [2.05, 4.69) is 15.7 Å². The molecule has 1 amide bonds. The van der Waals surface area contributed by atoms with Gasteiger partial charge in [-0.25, -0.2) is 4.39 Å². The summed E-state index contributed by atoms with van der Waals surface area (Å²) in [5.41, 5.74) is 2.99. The minimum atomic E-state index is -0.303. The quantitative estimate of drug-likeness (QED) is 0.908. The van der Waals surface area contributed by atoms with Crippen molar-refractivity contribution in [3.63, 3.8) is 0 Å². The number of benzene rings is 1. The fourth-order valence-corrected chi connectivity index (χ4v) is 2.65. The Kier molecular flexibility index (Phi) is 4.20. The Morgan fingerprint density at radius 2 is 2.36 bits per heavy atom. The number of hydrogen-bond acceptors (Lipinski definition) is 3. The van der Waals surface area contributed by atoms with Crippen LogP contribution in [-0.4, -0.2) is 22.2 Å². The lowest BCUT2D eigenvalue weighted by Gasteiger charge is -2.19. The molecule has 1 aromatic heterocycles. The minimum absolute atomic E-state index is 0.207. The highest BCUT2D eigenvalue weighted by atomic mass is 19.1. The van der Waals surface area contributed by atoms with Gasteiger partial charge in [-0.15, -0.1) is 0 Å². The van der Waals surface area contributed by atoms with E-state index < -0.39 is 0 Å².